The molecule has 0 saturated heterocycles. The van der Waals surface area contributed by atoms with Crippen LogP contribution >= 0.6 is 0 Å². The summed E-state index contributed by atoms with van der Waals surface area (Å²) in [6, 6.07) is 0. The van der Waals surface area contributed by atoms with E-state index in [4.69, 9.17) is 5.11 Å². The van der Waals surface area contributed by atoms with Crippen LogP contribution in [0.4, 0.5) is 0 Å². The highest BCUT2D eigenvalue weighted by Gasteiger charge is 2.30. The Balaban J connectivity index is 2.25. The summed E-state index contributed by atoms with van der Waals surface area (Å²) in [6.07, 6.45) is 0.949. The SMILES string of the molecule is Cc1c(C(=O)O)nn2c1C(=O)N(CCC(C)C)CC2. The normalized spacial score (nSPS) is 14.9. The molecule has 2 heterocycles. The lowest BCUT2D eigenvalue weighted by Gasteiger charge is -2.28. The Morgan fingerprint density at radius 2 is 2.11 bits per heavy atom. The molecule has 0 fully saturated rings. The summed E-state index contributed by atoms with van der Waals surface area (Å²) in [6.45, 7) is 7.75. The molecule has 2 rings (SSSR count). The number of amides is 1. The fraction of sp³-hybridized carbons (Fsp3) is 0.615. The Morgan fingerprint density at radius 3 is 2.68 bits per heavy atom. The van der Waals surface area contributed by atoms with Crippen LogP contribution in [0.5, 0.6) is 0 Å². The molecule has 1 aromatic rings. The second kappa shape index (κ2) is 5.03. The number of hydrogen-bond acceptors (Lipinski definition) is 3. The molecular weight excluding hydrogens is 246 g/mol. The third-order valence-electron chi connectivity index (χ3n) is 3.44. The van der Waals surface area contributed by atoms with Gasteiger partial charge in [-0.05, 0) is 19.3 Å². The molecule has 0 aromatic carbocycles. The van der Waals surface area contributed by atoms with Gasteiger partial charge in [0.05, 0.1) is 6.54 Å². The van der Waals surface area contributed by atoms with E-state index in [-0.39, 0.29) is 11.6 Å². The number of carboxylic acid groups (broad SMARTS) is 1. The summed E-state index contributed by atoms with van der Waals surface area (Å²) in [5.74, 6) is -0.652. The predicted molar refractivity (Wildman–Crippen MR) is 69.3 cm³/mol. The molecule has 0 saturated carbocycles. The molecule has 0 atom stereocenters. The van der Waals surface area contributed by atoms with Gasteiger partial charge in [0.25, 0.3) is 5.91 Å². The van der Waals surface area contributed by atoms with E-state index in [9.17, 15) is 9.59 Å². The van der Waals surface area contributed by atoms with E-state index in [2.05, 4.69) is 18.9 Å². The summed E-state index contributed by atoms with van der Waals surface area (Å²) in [5.41, 5.74) is 0.869. The number of carbonyl (C=O) groups is 2. The highest BCUT2D eigenvalue weighted by molar-refractivity contribution is 5.98. The van der Waals surface area contributed by atoms with Crippen LogP contribution < -0.4 is 0 Å². The van der Waals surface area contributed by atoms with Crippen LogP contribution in [0.15, 0.2) is 0 Å². The fourth-order valence-electron chi connectivity index (χ4n) is 2.28. The highest BCUT2D eigenvalue weighted by atomic mass is 16.4. The van der Waals surface area contributed by atoms with Crippen molar-refractivity contribution in [2.75, 3.05) is 13.1 Å². The molecule has 6 heteroatoms. The van der Waals surface area contributed by atoms with E-state index in [1.807, 2.05) is 0 Å². The van der Waals surface area contributed by atoms with Crippen molar-refractivity contribution in [2.24, 2.45) is 5.92 Å². The lowest BCUT2D eigenvalue weighted by molar-refractivity contribution is 0.0674. The van der Waals surface area contributed by atoms with Gasteiger partial charge in [-0.2, -0.15) is 5.10 Å². The van der Waals surface area contributed by atoms with Crippen molar-refractivity contribution in [3.63, 3.8) is 0 Å². The Bertz CT molecular complexity index is 519. The number of nitrogens with zero attached hydrogens (tertiary/aromatic N) is 3. The maximum Gasteiger partial charge on any atom is 0.356 e. The Labute approximate surface area is 112 Å². The number of rotatable bonds is 4. The van der Waals surface area contributed by atoms with Gasteiger partial charge in [0.15, 0.2) is 5.69 Å². The van der Waals surface area contributed by atoms with Crippen LogP contribution in [-0.2, 0) is 6.54 Å². The first kappa shape index (κ1) is 13.6. The molecule has 19 heavy (non-hydrogen) atoms. The predicted octanol–water partition coefficient (Wildman–Crippen LogP) is 1.39. The lowest BCUT2D eigenvalue weighted by Crippen LogP contribution is -2.41. The number of carbonyl (C=O) groups excluding carboxylic acids is 1. The monoisotopic (exact) mass is 265 g/mol. The minimum Gasteiger partial charge on any atom is -0.476 e. The average Bonchev–Trinajstić information content (AvgIpc) is 2.66. The zero-order valence-electron chi connectivity index (χ0n) is 11.5. The first-order chi connectivity index (χ1) is 8.91. The first-order valence-corrected chi connectivity index (χ1v) is 6.51. The maximum absolute atomic E-state index is 12.4. The smallest absolute Gasteiger partial charge is 0.356 e. The van der Waals surface area contributed by atoms with Gasteiger partial charge in [-0.25, -0.2) is 4.79 Å². The zero-order valence-corrected chi connectivity index (χ0v) is 11.5. The molecule has 0 bridgehead atoms. The van der Waals surface area contributed by atoms with Crippen LogP contribution in [0.2, 0.25) is 0 Å². The van der Waals surface area contributed by atoms with E-state index in [1.54, 1.807) is 11.8 Å². The van der Waals surface area contributed by atoms with Crippen LogP contribution in [0.3, 0.4) is 0 Å². The molecule has 104 valence electrons. The number of fused-ring (bicyclic) bond motifs is 1. The topological polar surface area (TPSA) is 75.4 Å². The summed E-state index contributed by atoms with van der Waals surface area (Å²) in [7, 11) is 0. The van der Waals surface area contributed by atoms with Gasteiger partial charge >= 0.3 is 5.97 Å². The molecule has 1 aliphatic heterocycles. The van der Waals surface area contributed by atoms with Crippen molar-refractivity contribution in [3.8, 4) is 0 Å². The molecule has 0 spiro atoms. The van der Waals surface area contributed by atoms with Gasteiger partial charge in [0, 0.05) is 18.7 Å². The third-order valence-corrected chi connectivity index (χ3v) is 3.44. The van der Waals surface area contributed by atoms with Crippen LogP contribution in [0, 0.1) is 12.8 Å². The molecule has 1 aromatic heterocycles. The van der Waals surface area contributed by atoms with E-state index in [0.717, 1.165) is 6.42 Å². The summed E-state index contributed by atoms with van der Waals surface area (Å²) in [4.78, 5) is 25.2. The fourth-order valence-corrected chi connectivity index (χ4v) is 2.28. The van der Waals surface area contributed by atoms with Gasteiger partial charge in [-0.3, -0.25) is 9.48 Å². The van der Waals surface area contributed by atoms with Gasteiger partial charge < -0.3 is 10.0 Å². The second-order valence-corrected chi connectivity index (χ2v) is 5.33. The lowest BCUT2D eigenvalue weighted by atomic mass is 10.1. The number of hydrogen-bond donors (Lipinski definition) is 1. The van der Waals surface area contributed by atoms with E-state index < -0.39 is 5.97 Å². The molecular formula is C13H19N3O3. The zero-order chi connectivity index (χ0) is 14.2. The minimum absolute atomic E-state index is 0.0194. The second-order valence-electron chi connectivity index (χ2n) is 5.33. The van der Waals surface area contributed by atoms with Gasteiger partial charge in [-0.1, -0.05) is 13.8 Å². The summed E-state index contributed by atoms with van der Waals surface area (Å²) >= 11 is 0. The Hall–Kier alpha value is -1.85. The number of carboxylic acids is 1. The molecule has 1 amide bonds. The number of aromatic carboxylic acids is 1. The quantitative estimate of drug-likeness (QED) is 0.892. The highest BCUT2D eigenvalue weighted by Crippen LogP contribution is 2.20. The van der Waals surface area contributed by atoms with Crippen molar-refractivity contribution in [3.05, 3.63) is 17.0 Å². The van der Waals surface area contributed by atoms with Crippen LogP contribution in [-0.4, -0.2) is 44.8 Å². The standard InChI is InChI=1S/C13H19N3O3/c1-8(2)4-5-15-6-7-16-11(12(15)17)9(3)10(14-16)13(18)19/h8H,4-7H2,1-3H3,(H,18,19). The minimum atomic E-state index is -1.08. The van der Waals surface area contributed by atoms with Crippen molar-refractivity contribution in [1.29, 1.82) is 0 Å². The summed E-state index contributed by atoms with van der Waals surface area (Å²) in [5, 5.41) is 13.0. The largest absolute Gasteiger partial charge is 0.476 e. The van der Waals surface area contributed by atoms with Crippen LogP contribution in [0.1, 0.15) is 46.8 Å². The van der Waals surface area contributed by atoms with E-state index in [1.165, 1.54) is 4.68 Å². The molecule has 1 N–H and O–H groups in total. The summed E-state index contributed by atoms with van der Waals surface area (Å²) < 4.78 is 1.52. The van der Waals surface area contributed by atoms with Gasteiger partial charge in [0.1, 0.15) is 5.69 Å². The van der Waals surface area contributed by atoms with Crippen molar-refractivity contribution < 1.29 is 14.7 Å². The van der Waals surface area contributed by atoms with Crippen molar-refractivity contribution in [2.45, 2.75) is 33.7 Å². The Kier molecular flexibility index (Phi) is 3.59. The number of aromatic nitrogens is 2. The van der Waals surface area contributed by atoms with E-state index >= 15 is 0 Å². The Morgan fingerprint density at radius 1 is 1.42 bits per heavy atom. The van der Waals surface area contributed by atoms with Gasteiger partial charge in [-0.15, -0.1) is 0 Å². The van der Waals surface area contributed by atoms with Gasteiger partial charge in [0.2, 0.25) is 0 Å². The maximum atomic E-state index is 12.4. The molecule has 1 aliphatic rings. The first-order valence-electron chi connectivity index (χ1n) is 6.51. The average molecular weight is 265 g/mol. The molecule has 0 radical (unpaired) electrons. The molecule has 6 nitrogen and oxygen atoms in total. The van der Waals surface area contributed by atoms with Crippen LogP contribution in [0.25, 0.3) is 0 Å². The molecule has 0 unspecified atom stereocenters. The van der Waals surface area contributed by atoms with E-state index in [0.29, 0.717) is 36.8 Å². The third kappa shape index (κ3) is 2.47. The van der Waals surface area contributed by atoms with Crippen molar-refractivity contribution in [1.82, 2.24) is 14.7 Å². The molecule has 0 aliphatic carbocycles. The van der Waals surface area contributed by atoms with Crippen molar-refractivity contribution >= 4 is 11.9 Å².